The molecule has 46 heavy (non-hydrogen) atoms. The number of hydrogen-bond acceptors (Lipinski definition) is 4. The minimum Gasteiger partial charge on any atom is -0.478 e. The van der Waals surface area contributed by atoms with Crippen molar-refractivity contribution in [1.82, 2.24) is 4.98 Å². The fourth-order valence-electron chi connectivity index (χ4n) is 7.51. The van der Waals surface area contributed by atoms with Gasteiger partial charge in [0, 0.05) is 18.5 Å². The number of aldehydes is 1. The van der Waals surface area contributed by atoms with Gasteiger partial charge in [-0.05, 0) is 94.9 Å². The van der Waals surface area contributed by atoms with Gasteiger partial charge in [-0.1, -0.05) is 86.4 Å². The molecule has 1 aromatic heterocycles. The van der Waals surface area contributed by atoms with Crippen molar-refractivity contribution in [3.63, 3.8) is 0 Å². The Morgan fingerprint density at radius 1 is 1.15 bits per heavy atom. The molecular formula is C37H47N6O3-. The van der Waals surface area contributed by atoms with Crippen LogP contribution in [-0.4, -0.2) is 46.9 Å². The maximum Gasteiger partial charge on any atom is 0.328 e. The van der Waals surface area contributed by atoms with E-state index in [0.717, 1.165) is 55.8 Å². The molecule has 244 valence electrons. The number of nitrogens with zero attached hydrogens (tertiary/aromatic N) is 2. The number of benzene rings is 2. The maximum absolute atomic E-state index is 12.0. The number of H-pyrrole nitrogens is 1. The first-order valence-corrected chi connectivity index (χ1v) is 16.5. The molecule has 2 aromatic carbocycles. The minimum absolute atomic E-state index is 0.0534. The number of nitrogens with one attached hydrogen (secondary N) is 1. The molecule has 9 nitrogen and oxygen atoms in total. The quantitative estimate of drug-likeness (QED) is 0.0429. The largest absolute Gasteiger partial charge is 0.478 e. The number of carbonyl (C=O) groups excluding carboxylic acids is 1. The lowest BCUT2D eigenvalue weighted by molar-refractivity contribution is -0.131. The Morgan fingerprint density at radius 3 is 2.72 bits per heavy atom. The zero-order valence-corrected chi connectivity index (χ0v) is 26.6. The minimum atomic E-state index is -1.06. The van der Waals surface area contributed by atoms with E-state index in [1.54, 1.807) is 0 Å². The van der Waals surface area contributed by atoms with E-state index >= 15 is 0 Å². The Hall–Kier alpha value is -4.37. The molecule has 0 fully saturated rings. The number of carboxylic acid groups (broad SMARTS) is 1. The SMILES string of the molecule is CCCC[C@H](N)CC[C@H]1C=C[C@@H]2Cc3cc4ccc(CC=O)cc4cc3[C@H]1[C@H]2C[C@@H]([N-]c1ccc[nH]1)/C(=C/C(=O)O)CN=C(N)N. The van der Waals surface area contributed by atoms with Gasteiger partial charge in [0.1, 0.15) is 6.29 Å². The van der Waals surface area contributed by atoms with Crippen LogP contribution in [0.5, 0.6) is 0 Å². The van der Waals surface area contributed by atoms with Crippen molar-refractivity contribution in [3.8, 4) is 0 Å². The molecule has 2 bridgehead atoms. The van der Waals surface area contributed by atoms with Crippen LogP contribution in [-0.2, 0) is 22.4 Å². The fraction of sp³-hybridized carbons (Fsp3) is 0.432. The van der Waals surface area contributed by atoms with Crippen molar-refractivity contribution in [2.75, 3.05) is 6.54 Å². The lowest BCUT2D eigenvalue weighted by Gasteiger charge is -2.47. The normalized spacial score (nSPS) is 21.7. The van der Waals surface area contributed by atoms with Crippen molar-refractivity contribution in [1.29, 1.82) is 0 Å². The number of aromatic amines is 1. The van der Waals surface area contributed by atoms with E-state index in [1.165, 1.54) is 22.6 Å². The molecule has 3 aromatic rings. The molecule has 2 aliphatic rings. The number of allylic oxidation sites excluding steroid dienone is 2. The molecule has 1 heterocycles. The van der Waals surface area contributed by atoms with Gasteiger partial charge < -0.3 is 37.4 Å². The number of carbonyl (C=O) groups is 2. The summed E-state index contributed by atoms with van der Waals surface area (Å²) >= 11 is 0. The number of fused-ring (bicyclic) bond motifs is 5. The van der Waals surface area contributed by atoms with Gasteiger partial charge >= 0.3 is 5.97 Å². The number of aliphatic imine (C=N–C) groups is 1. The molecular weight excluding hydrogens is 576 g/mol. The molecule has 9 heteroatoms. The third kappa shape index (κ3) is 8.07. The van der Waals surface area contributed by atoms with Crippen LogP contribution < -0.4 is 17.2 Å². The summed E-state index contributed by atoms with van der Waals surface area (Å²) < 4.78 is 0. The Kier molecular flexibility index (Phi) is 11.0. The van der Waals surface area contributed by atoms with Crippen LogP contribution in [0.3, 0.4) is 0 Å². The molecule has 6 atom stereocenters. The first-order chi connectivity index (χ1) is 22.2. The van der Waals surface area contributed by atoms with E-state index in [9.17, 15) is 14.7 Å². The van der Waals surface area contributed by atoms with Crippen molar-refractivity contribution in [3.05, 3.63) is 94.5 Å². The average molecular weight is 624 g/mol. The summed E-state index contributed by atoms with van der Waals surface area (Å²) in [7, 11) is 0. The molecule has 0 amide bonds. The maximum atomic E-state index is 12.0. The molecule has 0 radical (unpaired) electrons. The van der Waals surface area contributed by atoms with Crippen LogP contribution in [0.2, 0.25) is 0 Å². The molecule has 5 rings (SSSR count). The van der Waals surface area contributed by atoms with Crippen molar-refractivity contribution in [2.24, 2.45) is 39.9 Å². The van der Waals surface area contributed by atoms with Crippen molar-refractivity contribution < 1.29 is 14.7 Å². The summed E-state index contributed by atoms with van der Waals surface area (Å²) in [5.41, 5.74) is 22.2. The van der Waals surface area contributed by atoms with Gasteiger partial charge in [-0.15, -0.1) is 0 Å². The van der Waals surface area contributed by atoms with Gasteiger partial charge in [0.25, 0.3) is 0 Å². The van der Waals surface area contributed by atoms with Gasteiger partial charge in [0.15, 0.2) is 5.96 Å². The summed E-state index contributed by atoms with van der Waals surface area (Å²) in [5, 5.41) is 17.2. The first-order valence-electron chi connectivity index (χ1n) is 16.5. The predicted octanol–water partition coefficient (Wildman–Crippen LogP) is 6.01. The lowest BCUT2D eigenvalue weighted by Crippen LogP contribution is -2.38. The van der Waals surface area contributed by atoms with Crippen LogP contribution in [0.15, 0.2) is 77.5 Å². The number of carboxylic acids is 1. The summed E-state index contributed by atoms with van der Waals surface area (Å²) in [5.74, 6) is 0.468. The standard InChI is InChI=1S/C37H47N6O3/c1-2-3-5-30(38)12-11-24-9-10-26-18-28-17-25-8-7-23(13-15-44)16-27(25)19-31(28)36(24)32(26)21-33(43-34-6-4-14-41-34)29(20-35(45)46)22-42-37(39)40/h4,6-10,14-17,19-20,24,26,30,32-33,36,41H,2-3,5,11-13,18,21-22,38H2,1H3,(H,45,46)(H4,39,40,42)/q-1/b29-20+/t24-,26-,30+,32+,33-,36+/m1/s1. The summed E-state index contributed by atoms with van der Waals surface area (Å²) in [6.45, 7) is 2.25. The molecule has 8 N–H and O–H groups in total. The summed E-state index contributed by atoms with van der Waals surface area (Å²) in [6.07, 6.45) is 15.9. The Bertz CT molecular complexity index is 1590. The van der Waals surface area contributed by atoms with Crippen LogP contribution in [0, 0.1) is 17.8 Å². The average Bonchev–Trinajstić information content (AvgIpc) is 3.54. The van der Waals surface area contributed by atoms with E-state index in [-0.39, 0.29) is 42.2 Å². The van der Waals surface area contributed by atoms with Crippen LogP contribution >= 0.6 is 0 Å². The lowest BCUT2D eigenvalue weighted by atomic mass is 9.58. The molecule has 0 aliphatic heterocycles. The second-order valence-corrected chi connectivity index (χ2v) is 12.9. The first kappa shape index (κ1) is 33.0. The third-order valence-electron chi connectivity index (χ3n) is 9.73. The van der Waals surface area contributed by atoms with Gasteiger partial charge in [-0.25, -0.2) is 9.79 Å². The number of aromatic nitrogens is 1. The number of nitrogens with two attached hydrogens (primary N) is 3. The van der Waals surface area contributed by atoms with Crippen LogP contribution in [0.1, 0.15) is 68.1 Å². The number of guanidine groups is 1. The monoisotopic (exact) mass is 623 g/mol. The smallest absolute Gasteiger partial charge is 0.328 e. The van der Waals surface area contributed by atoms with E-state index in [2.05, 4.69) is 53.3 Å². The third-order valence-corrected chi connectivity index (χ3v) is 9.73. The van der Waals surface area contributed by atoms with Gasteiger partial charge in [0.2, 0.25) is 0 Å². The van der Waals surface area contributed by atoms with Crippen molar-refractivity contribution >= 4 is 34.8 Å². The van der Waals surface area contributed by atoms with Gasteiger partial charge in [0.05, 0.1) is 6.54 Å². The highest BCUT2D eigenvalue weighted by Gasteiger charge is 2.42. The second kappa shape index (κ2) is 15.3. The number of hydrogen-bond donors (Lipinski definition) is 5. The Labute approximate surface area is 271 Å². The van der Waals surface area contributed by atoms with E-state index in [1.807, 2.05) is 24.4 Å². The zero-order valence-electron chi connectivity index (χ0n) is 26.6. The zero-order chi connectivity index (χ0) is 32.6. The Balaban J connectivity index is 1.56. The molecule has 2 aliphatic carbocycles. The van der Waals surface area contributed by atoms with Crippen LogP contribution in [0.4, 0.5) is 5.82 Å². The summed E-state index contributed by atoms with van der Waals surface area (Å²) in [4.78, 5) is 30.7. The number of rotatable bonds is 16. The van der Waals surface area contributed by atoms with E-state index in [0.29, 0.717) is 24.2 Å². The van der Waals surface area contributed by atoms with Crippen molar-refractivity contribution in [2.45, 2.75) is 76.3 Å². The predicted molar refractivity (Wildman–Crippen MR) is 185 cm³/mol. The molecule has 0 saturated carbocycles. The fourth-order valence-corrected chi connectivity index (χ4v) is 7.51. The highest BCUT2D eigenvalue weighted by Crippen LogP contribution is 2.53. The van der Waals surface area contributed by atoms with Gasteiger partial charge in [-0.3, -0.25) is 0 Å². The molecule has 0 unspecified atom stereocenters. The Morgan fingerprint density at radius 2 is 2.00 bits per heavy atom. The second-order valence-electron chi connectivity index (χ2n) is 12.9. The molecule has 0 spiro atoms. The van der Waals surface area contributed by atoms with Crippen LogP contribution in [0.25, 0.3) is 16.1 Å². The summed E-state index contributed by atoms with van der Waals surface area (Å²) in [6, 6.07) is 14.4. The highest BCUT2D eigenvalue weighted by molar-refractivity contribution is 5.86. The number of unbranched alkanes of at least 4 members (excludes halogenated alkanes) is 1. The molecule has 0 saturated heterocycles. The number of aliphatic carboxylic acids is 1. The van der Waals surface area contributed by atoms with E-state index < -0.39 is 12.0 Å². The topological polar surface area (TPSA) is 175 Å². The highest BCUT2D eigenvalue weighted by atomic mass is 16.4. The van der Waals surface area contributed by atoms with Gasteiger partial charge in [-0.2, -0.15) is 0 Å². The van der Waals surface area contributed by atoms with E-state index in [4.69, 9.17) is 22.5 Å².